The molecule has 1 aliphatic rings. The molecule has 1 aliphatic heterocycles. The molecule has 0 radical (unpaired) electrons. The summed E-state index contributed by atoms with van der Waals surface area (Å²) in [5.74, 6) is -0.893. The van der Waals surface area contributed by atoms with Gasteiger partial charge in [0.1, 0.15) is 0 Å². The molecular weight excluding hydrogens is 344 g/mol. The Hall–Kier alpha value is -3.15. The number of benzene rings is 2. The van der Waals surface area contributed by atoms with E-state index in [2.05, 4.69) is 10.6 Å². The highest BCUT2D eigenvalue weighted by Gasteiger charge is 2.23. The van der Waals surface area contributed by atoms with Gasteiger partial charge in [0.2, 0.25) is 5.91 Å². The average molecular weight is 366 g/mol. The highest BCUT2D eigenvalue weighted by Crippen LogP contribution is 2.24. The number of nitrogens with one attached hydrogen (secondary N) is 2. The van der Waals surface area contributed by atoms with E-state index in [4.69, 9.17) is 4.74 Å². The number of esters is 1. The number of rotatable bonds is 6. The molecule has 1 heterocycles. The standard InChI is InChI=1S/C21H22N2O4/c1-2-18(20(25)22-13-14-6-4-3-5-7-14)27-21(26)16-8-10-17-15(12-16)9-11-19(24)23-17/h3-8,10,12,18H,2,9,11,13H2,1H3,(H,22,25)(H,23,24)/t18-/m1/s1. The predicted molar refractivity (Wildman–Crippen MR) is 101 cm³/mol. The van der Waals surface area contributed by atoms with Crippen molar-refractivity contribution in [3.05, 3.63) is 65.2 Å². The molecule has 140 valence electrons. The van der Waals surface area contributed by atoms with Crippen LogP contribution in [0.25, 0.3) is 0 Å². The van der Waals surface area contributed by atoms with Gasteiger partial charge < -0.3 is 15.4 Å². The summed E-state index contributed by atoms with van der Waals surface area (Å²) in [6, 6.07) is 14.5. The smallest absolute Gasteiger partial charge is 0.338 e. The second-order valence-corrected chi connectivity index (χ2v) is 6.43. The van der Waals surface area contributed by atoms with Crippen molar-refractivity contribution in [3.8, 4) is 0 Å². The number of anilines is 1. The van der Waals surface area contributed by atoms with Crippen molar-refractivity contribution in [1.82, 2.24) is 5.32 Å². The second-order valence-electron chi connectivity index (χ2n) is 6.43. The molecule has 0 fully saturated rings. The van der Waals surface area contributed by atoms with Gasteiger partial charge in [0, 0.05) is 18.7 Å². The highest BCUT2D eigenvalue weighted by molar-refractivity contribution is 5.96. The van der Waals surface area contributed by atoms with E-state index < -0.39 is 12.1 Å². The zero-order valence-corrected chi connectivity index (χ0v) is 15.2. The van der Waals surface area contributed by atoms with Crippen LogP contribution in [0.5, 0.6) is 0 Å². The van der Waals surface area contributed by atoms with Crippen LogP contribution in [0.15, 0.2) is 48.5 Å². The molecule has 0 saturated carbocycles. The fourth-order valence-corrected chi connectivity index (χ4v) is 2.93. The minimum Gasteiger partial charge on any atom is -0.449 e. The number of aryl methyl sites for hydroxylation is 1. The van der Waals surface area contributed by atoms with Crippen molar-refractivity contribution in [2.45, 2.75) is 38.8 Å². The second kappa shape index (κ2) is 8.49. The molecule has 0 unspecified atom stereocenters. The summed E-state index contributed by atoms with van der Waals surface area (Å²) < 4.78 is 5.41. The van der Waals surface area contributed by atoms with Gasteiger partial charge in [-0.2, -0.15) is 0 Å². The Morgan fingerprint density at radius 2 is 1.93 bits per heavy atom. The minimum atomic E-state index is -0.850. The lowest BCUT2D eigenvalue weighted by Gasteiger charge is -2.19. The first-order chi connectivity index (χ1) is 13.1. The highest BCUT2D eigenvalue weighted by atomic mass is 16.5. The van der Waals surface area contributed by atoms with E-state index in [-0.39, 0.29) is 11.8 Å². The maximum atomic E-state index is 12.5. The third kappa shape index (κ3) is 4.73. The van der Waals surface area contributed by atoms with Gasteiger partial charge in [-0.25, -0.2) is 4.79 Å². The van der Waals surface area contributed by atoms with Gasteiger partial charge in [0.05, 0.1) is 5.56 Å². The van der Waals surface area contributed by atoms with E-state index in [1.165, 1.54) is 0 Å². The molecule has 0 saturated heterocycles. The van der Waals surface area contributed by atoms with E-state index in [0.717, 1.165) is 16.8 Å². The number of fused-ring (bicyclic) bond motifs is 1. The SMILES string of the molecule is CC[C@@H](OC(=O)c1ccc2c(c1)CCC(=O)N2)C(=O)NCc1ccccc1. The zero-order valence-electron chi connectivity index (χ0n) is 15.2. The number of hydrogen-bond acceptors (Lipinski definition) is 4. The van der Waals surface area contributed by atoms with E-state index in [0.29, 0.717) is 31.4 Å². The third-order valence-corrected chi connectivity index (χ3v) is 4.46. The van der Waals surface area contributed by atoms with Crippen LogP contribution in [0, 0.1) is 0 Å². The fraction of sp³-hybridized carbons (Fsp3) is 0.286. The van der Waals surface area contributed by atoms with Gasteiger partial charge in [0.25, 0.3) is 5.91 Å². The van der Waals surface area contributed by atoms with Crippen molar-refractivity contribution in [3.63, 3.8) is 0 Å². The van der Waals surface area contributed by atoms with E-state index in [9.17, 15) is 14.4 Å². The lowest BCUT2D eigenvalue weighted by atomic mass is 10.0. The van der Waals surface area contributed by atoms with Gasteiger partial charge in [-0.05, 0) is 42.2 Å². The molecule has 0 spiro atoms. The van der Waals surface area contributed by atoms with Crippen molar-refractivity contribution in [2.75, 3.05) is 5.32 Å². The molecule has 2 aromatic carbocycles. The summed E-state index contributed by atoms with van der Waals surface area (Å²) in [6.07, 6.45) is 0.506. The van der Waals surface area contributed by atoms with Crippen LogP contribution in [0.1, 0.15) is 41.3 Å². The van der Waals surface area contributed by atoms with Crippen molar-refractivity contribution < 1.29 is 19.1 Å². The van der Waals surface area contributed by atoms with E-state index >= 15 is 0 Å². The van der Waals surface area contributed by atoms with Crippen LogP contribution in [0.4, 0.5) is 5.69 Å². The summed E-state index contributed by atoms with van der Waals surface area (Å²) in [6.45, 7) is 2.18. The van der Waals surface area contributed by atoms with Crippen LogP contribution in [-0.2, 0) is 27.3 Å². The lowest BCUT2D eigenvalue weighted by Crippen LogP contribution is -2.37. The van der Waals surface area contributed by atoms with Gasteiger partial charge in [-0.1, -0.05) is 37.3 Å². The first-order valence-corrected chi connectivity index (χ1v) is 9.02. The maximum Gasteiger partial charge on any atom is 0.338 e. The van der Waals surface area contributed by atoms with Gasteiger partial charge >= 0.3 is 5.97 Å². The molecule has 27 heavy (non-hydrogen) atoms. The van der Waals surface area contributed by atoms with Crippen LogP contribution in [0.2, 0.25) is 0 Å². The van der Waals surface area contributed by atoms with Crippen LogP contribution in [-0.4, -0.2) is 23.9 Å². The maximum absolute atomic E-state index is 12.5. The zero-order chi connectivity index (χ0) is 19.2. The summed E-state index contributed by atoms with van der Waals surface area (Å²) in [5.41, 5.74) is 2.96. The summed E-state index contributed by atoms with van der Waals surface area (Å²) in [5, 5.41) is 5.57. The lowest BCUT2D eigenvalue weighted by molar-refractivity contribution is -0.130. The Morgan fingerprint density at radius 3 is 2.67 bits per heavy atom. The molecule has 6 nitrogen and oxygen atoms in total. The summed E-state index contributed by atoms with van der Waals surface area (Å²) in [4.78, 5) is 36.2. The normalized spacial score (nSPS) is 13.9. The molecule has 2 N–H and O–H groups in total. The molecule has 0 aliphatic carbocycles. The Kier molecular flexibility index (Phi) is 5.86. The quantitative estimate of drug-likeness (QED) is 0.770. The van der Waals surface area contributed by atoms with Gasteiger partial charge in [0.15, 0.2) is 6.10 Å². The topological polar surface area (TPSA) is 84.5 Å². The predicted octanol–water partition coefficient (Wildman–Crippen LogP) is 2.82. The Bertz CT molecular complexity index is 849. The van der Waals surface area contributed by atoms with Crippen molar-refractivity contribution >= 4 is 23.5 Å². The third-order valence-electron chi connectivity index (χ3n) is 4.46. The molecular formula is C21H22N2O4. The Balaban J connectivity index is 1.61. The fourth-order valence-electron chi connectivity index (χ4n) is 2.93. The first kappa shape index (κ1) is 18.6. The Morgan fingerprint density at radius 1 is 1.15 bits per heavy atom. The monoisotopic (exact) mass is 366 g/mol. The molecule has 1 atom stereocenters. The summed E-state index contributed by atoms with van der Waals surface area (Å²) in [7, 11) is 0. The molecule has 3 rings (SSSR count). The molecule has 0 bridgehead atoms. The largest absolute Gasteiger partial charge is 0.449 e. The van der Waals surface area contributed by atoms with Crippen LogP contribution < -0.4 is 10.6 Å². The number of carbonyl (C=O) groups is 3. The molecule has 6 heteroatoms. The Labute approximate surface area is 157 Å². The number of hydrogen-bond donors (Lipinski definition) is 2. The van der Waals surface area contributed by atoms with Crippen molar-refractivity contribution in [2.24, 2.45) is 0 Å². The minimum absolute atomic E-state index is 0.0287. The summed E-state index contributed by atoms with van der Waals surface area (Å²) >= 11 is 0. The van der Waals surface area contributed by atoms with Crippen molar-refractivity contribution in [1.29, 1.82) is 0 Å². The molecule has 0 aromatic heterocycles. The number of ether oxygens (including phenoxy) is 1. The van der Waals surface area contributed by atoms with E-state index in [1.807, 2.05) is 30.3 Å². The molecule has 2 amide bonds. The van der Waals surface area contributed by atoms with Crippen LogP contribution in [0.3, 0.4) is 0 Å². The number of amides is 2. The molecule has 2 aromatic rings. The van der Waals surface area contributed by atoms with E-state index in [1.54, 1.807) is 25.1 Å². The van der Waals surface area contributed by atoms with Gasteiger partial charge in [-0.15, -0.1) is 0 Å². The average Bonchev–Trinajstić information content (AvgIpc) is 2.70. The number of carbonyl (C=O) groups excluding carboxylic acids is 3. The first-order valence-electron chi connectivity index (χ1n) is 9.02. The van der Waals surface area contributed by atoms with Crippen LogP contribution >= 0.6 is 0 Å². The van der Waals surface area contributed by atoms with Gasteiger partial charge in [-0.3, -0.25) is 9.59 Å².